The van der Waals surface area contributed by atoms with Crippen LogP contribution in [0.3, 0.4) is 0 Å². The van der Waals surface area contributed by atoms with Crippen molar-refractivity contribution in [2.75, 3.05) is 18.1 Å². The maximum absolute atomic E-state index is 12.1. The summed E-state index contributed by atoms with van der Waals surface area (Å²) in [6, 6.07) is 10.8. The molecule has 0 aliphatic carbocycles. The Bertz CT molecular complexity index is 1020. The first-order chi connectivity index (χ1) is 12.1. The smallest absolute Gasteiger partial charge is 0.397 e. The summed E-state index contributed by atoms with van der Waals surface area (Å²) in [5, 5.41) is 8.13. The molecule has 26 heavy (non-hydrogen) atoms. The maximum atomic E-state index is 12.1. The molecule has 9 nitrogen and oxygen atoms in total. The molecule has 0 fully saturated rings. The van der Waals surface area contributed by atoms with Crippen molar-refractivity contribution in [1.29, 1.82) is 0 Å². The van der Waals surface area contributed by atoms with E-state index in [1.54, 1.807) is 18.2 Å². The number of anilines is 1. The van der Waals surface area contributed by atoms with Crippen molar-refractivity contribution in [3.8, 4) is 0 Å². The molecule has 0 amide bonds. The Morgan fingerprint density at radius 1 is 1.04 bits per heavy atom. The predicted molar refractivity (Wildman–Crippen MR) is 95.8 cm³/mol. The minimum absolute atomic E-state index is 0.0287. The second-order valence-corrected chi connectivity index (χ2v) is 8.51. The number of rotatable bonds is 7. The zero-order chi connectivity index (χ0) is 19.4. The second kappa shape index (κ2) is 7.91. The van der Waals surface area contributed by atoms with Gasteiger partial charge in [-0.2, -0.15) is 18.6 Å². The molecule has 2 rings (SSSR count). The number of benzene rings is 2. The number of sulfone groups is 1. The molecule has 2 aromatic carbocycles. The zero-order valence-corrected chi connectivity index (χ0v) is 15.4. The van der Waals surface area contributed by atoms with E-state index in [4.69, 9.17) is 10.3 Å². The molecule has 140 valence electrons. The van der Waals surface area contributed by atoms with E-state index in [1.807, 2.05) is 6.92 Å². The van der Waals surface area contributed by atoms with Crippen LogP contribution < -0.4 is 5.73 Å². The molecule has 0 heterocycles. The molecule has 0 radical (unpaired) electrons. The number of nitrogen functional groups attached to an aromatic ring is 1. The lowest BCUT2D eigenvalue weighted by Crippen LogP contribution is -2.15. The van der Waals surface area contributed by atoms with E-state index < -0.39 is 32.6 Å². The summed E-state index contributed by atoms with van der Waals surface area (Å²) in [6.45, 7) is 1.16. The van der Waals surface area contributed by atoms with Crippen LogP contribution in [0.25, 0.3) is 0 Å². The highest BCUT2D eigenvalue weighted by Crippen LogP contribution is 2.24. The van der Waals surface area contributed by atoms with Gasteiger partial charge in [-0.15, -0.1) is 0 Å². The van der Waals surface area contributed by atoms with Crippen molar-refractivity contribution >= 4 is 37.3 Å². The van der Waals surface area contributed by atoms with Gasteiger partial charge in [0.1, 0.15) is 0 Å². The van der Waals surface area contributed by atoms with Crippen LogP contribution in [0.2, 0.25) is 0 Å². The molecule has 0 aliphatic rings. The van der Waals surface area contributed by atoms with Gasteiger partial charge in [-0.05, 0) is 55.0 Å². The monoisotopic (exact) mass is 399 g/mol. The third-order valence-electron chi connectivity index (χ3n) is 3.27. The van der Waals surface area contributed by atoms with Gasteiger partial charge in [-0.25, -0.2) is 12.6 Å². The highest BCUT2D eigenvalue weighted by molar-refractivity contribution is 7.91. The van der Waals surface area contributed by atoms with Gasteiger partial charge in [0, 0.05) is 5.69 Å². The summed E-state index contributed by atoms with van der Waals surface area (Å²) < 4.78 is 57.5. The summed E-state index contributed by atoms with van der Waals surface area (Å²) in [4.78, 5) is -0.0287. The number of nitrogens with two attached hydrogens (primary N) is 1. The van der Waals surface area contributed by atoms with Gasteiger partial charge in [0.25, 0.3) is 0 Å². The molecule has 0 spiro atoms. The highest BCUT2D eigenvalue weighted by atomic mass is 32.3. The topological polar surface area (TPSA) is 148 Å². The first kappa shape index (κ1) is 20.0. The molecule has 0 saturated carbocycles. The highest BCUT2D eigenvalue weighted by Gasteiger charge is 2.16. The number of hydrogen-bond acceptors (Lipinski definition) is 8. The molecule has 0 saturated heterocycles. The second-order valence-electron chi connectivity index (χ2n) is 5.31. The van der Waals surface area contributed by atoms with Crippen LogP contribution >= 0.6 is 0 Å². The van der Waals surface area contributed by atoms with Crippen molar-refractivity contribution in [3.05, 3.63) is 48.0 Å². The summed E-state index contributed by atoms with van der Waals surface area (Å²) in [5.41, 5.74) is 8.21. The SMILES string of the molecule is Cc1cc(N)ccc1/N=N/c1ccc(S(=O)(=O)CCOS(=O)(=O)O)cc1. The number of hydrogen-bond donors (Lipinski definition) is 2. The van der Waals surface area contributed by atoms with Crippen molar-refractivity contribution in [2.45, 2.75) is 11.8 Å². The largest absolute Gasteiger partial charge is 0.399 e. The van der Waals surface area contributed by atoms with E-state index in [-0.39, 0.29) is 4.90 Å². The van der Waals surface area contributed by atoms with E-state index in [0.29, 0.717) is 17.1 Å². The average Bonchev–Trinajstić information content (AvgIpc) is 2.53. The first-order valence-electron chi connectivity index (χ1n) is 7.29. The maximum Gasteiger partial charge on any atom is 0.397 e. The molecular weight excluding hydrogens is 382 g/mol. The van der Waals surface area contributed by atoms with E-state index in [1.165, 1.54) is 24.3 Å². The fourth-order valence-corrected chi connectivity index (χ4v) is 3.48. The molecule has 0 bridgehead atoms. The van der Waals surface area contributed by atoms with Crippen LogP contribution in [-0.4, -0.2) is 33.7 Å². The molecule has 0 aromatic heterocycles. The zero-order valence-electron chi connectivity index (χ0n) is 13.7. The Kier molecular flexibility index (Phi) is 6.08. The van der Waals surface area contributed by atoms with Gasteiger partial charge in [-0.1, -0.05) is 0 Å². The lowest BCUT2D eigenvalue weighted by atomic mass is 10.2. The van der Waals surface area contributed by atoms with Crippen molar-refractivity contribution in [3.63, 3.8) is 0 Å². The molecule has 11 heteroatoms. The third kappa shape index (κ3) is 5.88. The minimum atomic E-state index is -4.68. The molecule has 0 aliphatic heterocycles. The Balaban J connectivity index is 2.08. The third-order valence-corrected chi connectivity index (χ3v) is 5.43. The number of aryl methyl sites for hydroxylation is 1. The van der Waals surface area contributed by atoms with E-state index >= 15 is 0 Å². The van der Waals surface area contributed by atoms with Gasteiger partial charge in [0.2, 0.25) is 0 Å². The van der Waals surface area contributed by atoms with Gasteiger partial charge >= 0.3 is 10.4 Å². The first-order valence-corrected chi connectivity index (χ1v) is 10.3. The molecule has 2 aromatic rings. The van der Waals surface area contributed by atoms with Crippen LogP contribution in [-0.2, 0) is 24.4 Å². The van der Waals surface area contributed by atoms with Crippen LogP contribution in [0.4, 0.5) is 17.1 Å². The van der Waals surface area contributed by atoms with Gasteiger partial charge in [-0.3, -0.25) is 4.55 Å². The predicted octanol–water partition coefficient (Wildman–Crippen LogP) is 2.59. The van der Waals surface area contributed by atoms with Gasteiger partial charge in [0.15, 0.2) is 9.84 Å². The summed E-state index contributed by atoms with van der Waals surface area (Å²) in [5.74, 6) is -0.599. The average molecular weight is 399 g/mol. The minimum Gasteiger partial charge on any atom is -0.399 e. The lowest BCUT2D eigenvalue weighted by molar-refractivity contribution is 0.284. The molecular formula is C15H17N3O6S2. The normalized spacial score (nSPS) is 12.5. The summed E-state index contributed by atoms with van der Waals surface area (Å²) in [7, 11) is -8.44. The Hall–Kier alpha value is -2.34. The van der Waals surface area contributed by atoms with Crippen molar-refractivity contribution < 1.29 is 25.6 Å². The van der Waals surface area contributed by atoms with E-state index in [9.17, 15) is 16.8 Å². The van der Waals surface area contributed by atoms with Crippen LogP contribution in [0, 0.1) is 6.92 Å². The number of nitrogens with zero attached hydrogens (tertiary/aromatic N) is 2. The van der Waals surface area contributed by atoms with Crippen LogP contribution in [0.15, 0.2) is 57.6 Å². The Labute approximate surface area is 151 Å². The fourth-order valence-electron chi connectivity index (χ4n) is 1.99. The van der Waals surface area contributed by atoms with Crippen molar-refractivity contribution in [2.24, 2.45) is 10.2 Å². The molecule has 0 unspecified atom stereocenters. The standard InChI is InChI=1S/C15H17N3O6S2/c1-11-10-12(16)2-7-15(11)18-17-13-3-5-14(6-4-13)25(19,20)9-8-24-26(21,22)23/h2-7,10H,8-9,16H2,1H3,(H,21,22,23)/b18-17+. The van der Waals surface area contributed by atoms with Gasteiger partial charge in [0.05, 0.1) is 28.6 Å². The van der Waals surface area contributed by atoms with Crippen molar-refractivity contribution in [1.82, 2.24) is 0 Å². The van der Waals surface area contributed by atoms with Crippen LogP contribution in [0.1, 0.15) is 5.56 Å². The Morgan fingerprint density at radius 2 is 1.69 bits per heavy atom. The van der Waals surface area contributed by atoms with E-state index in [2.05, 4.69) is 14.4 Å². The van der Waals surface area contributed by atoms with E-state index in [0.717, 1.165) is 5.56 Å². The molecule has 3 N–H and O–H groups in total. The molecule has 0 atom stereocenters. The summed E-state index contributed by atoms with van der Waals surface area (Å²) >= 11 is 0. The summed E-state index contributed by atoms with van der Waals surface area (Å²) in [6.07, 6.45) is 0. The fraction of sp³-hybridized carbons (Fsp3) is 0.200. The Morgan fingerprint density at radius 3 is 2.27 bits per heavy atom. The number of azo groups is 1. The quantitative estimate of drug-likeness (QED) is 0.413. The lowest BCUT2D eigenvalue weighted by Gasteiger charge is -2.04. The van der Waals surface area contributed by atoms with Gasteiger partial charge < -0.3 is 5.73 Å². The van der Waals surface area contributed by atoms with Crippen LogP contribution in [0.5, 0.6) is 0 Å².